The number of benzene rings is 2. The summed E-state index contributed by atoms with van der Waals surface area (Å²) < 4.78 is 5.59. The summed E-state index contributed by atoms with van der Waals surface area (Å²) in [5.74, 6) is 0.992. The summed E-state index contributed by atoms with van der Waals surface area (Å²) in [6, 6.07) is 13.1. The Hall–Kier alpha value is -2.11. The lowest BCUT2D eigenvalue weighted by molar-refractivity contribution is -0.118. The molecule has 0 aliphatic carbocycles. The molecule has 0 radical (unpaired) electrons. The van der Waals surface area contributed by atoms with E-state index in [-0.39, 0.29) is 12.5 Å². The Balaban J connectivity index is 1.55. The zero-order valence-corrected chi connectivity index (χ0v) is 17.8. The van der Waals surface area contributed by atoms with E-state index in [9.17, 15) is 4.79 Å². The van der Waals surface area contributed by atoms with Crippen molar-refractivity contribution >= 4 is 40.4 Å². The first-order chi connectivity index (χ1) is 13.4. The number of carbonyl (C=O) groups excluding carboxylic acids is 1. The molecule has 1 aliphatic rings. The van der Waals surface area contributed by atoms with Crippen LogP contribution >= 0.6 is 23.8 Å². The molecule has 28 heavy (non-hydrogen) atoms. The van der Waals surface area contributed by atoms with Crippen molar-refractivity contribution in [3.8, 4) is 5.75 Å². The van der Waals surface area contributed by atoms with Crippen molar-refractivity contribution in [2.45, 2.75) is 26.7 Å². The Morgan fingerprint density at radius 1 is 1.21 bits per heavy atom. The number of nitrogens with one attached hydrogen (secondary N) is 1. The second kappa shape index (κ2) is 9.39. The number of hydrogen-bond acceptors (Lipinski definition) is 3. The molecule has 148 valence electrons. The third-order valence-corrected chi connectivity index (χ3v) is 5.73. The van der Waals surface area contributed by atoms with Crippen LogP contribution in [0.15, 0.2) is 42.5 Å². The molecule has 1 amide bonds. The highest BCUT2D eigenvalue weighted by molar-refractivity contribution is 7.80. The number of anilines is 1. The molecular formula is C22H25ClN2O2S. The van der Waals surface area contributed by atoms with Gasteiger partial charge < -0.3 is 15.0 Å². The van der Waals surface area contributed by atoms with E-state index in [2.05, 4.69) is 17.1 Å². The molecule has 0 aromatic heterocycles. The number of aryl methyl sites for hydroxylation is 1. The number of hydrogen-bond donors (Lipinski definition) is 1. The molecule has 0 spiro atoms. The molecule has 0 bridgehead atoms. The van der Waals surface area contributed by atoms with E-state index in [1.165, 1.54) is 0 Å². The van der Waals surface area contributed by atoms with Crippen LogP contribution in [0.5, 0.6) is 5.75 Å². The van der Waals surface area contributed by atoms with Gasteiger partial charge in [0.05, 0.1) is 5.02 Å². The predicted molar refractivity (Wildman–Crippen MR) is 118 cm³/mol. The topological polar surface area (TPSA) is 41.6 Å². The highest BCUT2D eigenvalue weighted by Gasteiger charge is 2.19. The van der Waals surface area contributed by atoms with Gasteiger partial charge in [-0.05, 0) is 56.0 Å². The first kappa shape index (κ1) is 20.6. The molecule has 0 atom stereocenters. The number of carbonyl (C=O) groups is 1. The monoisotopic (exact) mass is 416 g/mol. The van der Waals surface area contributed by atoms with E-state index in [0.717, 1.165) is 53.7 Å². The fourth-order valence-corrected chi connectivity index (χ4v) is 3.67. The second-order valence-electron chi connectivity index (χ2n) is 7.32. The smallest absolute Gasteiger partial charge is 0.262 e. The molecule has 0 saturated carbocycles. The number of thiocarbonyl (C=S) groups is 1. The van der Waals surface area contributed by atoms with Crippen molar-refractivity contribution in [2.75, 3.05) is 25.0 Å². The molecule has 3 rings (SSSR count). The number of likely N-dealkylation sites (tertiary alicyclic amines) is 1. The van der Waals surface area contributed by atoms with Gasteiger partial charge in [0.25, 0.3) is 5.91 Å². The van der Waals surface area contributed by atoms with Crippen molar-refractivity contribution < 1.29 is 9.53 Å². The summed E-state index contributed by atoms with van der Waals surface area (Å²) in [5.41, 5.74) is 2.78. The van der Waals surface area contributed by atoms with E-state index in [1.54, 1.807) is 6.07 Å². The summed E-state index contributed by atoms with van der Waals surface area (Å²) in [6.07, 6.45) is 2.32. The van der Waals surface area contributed by atoms with Crippen molar-refractivity contribution in [2.24, 2.45) is 5.92 Å². The number of ether oxygens (including phenoxy) is 1. The SMILES string of the molecule is Cc1ccc(NC(=O)COc2ccc(C(=S)N3CCC(C)CC3)cc2Cl)cc1. The standard InChI is InChI=1S/C22H25ClN2O2S/c1-15-3-6-18(7-4-15)24-21(26)14-27-20-8-5-17(13-19(20)23)22(28)25-11-9-16(2)10-12-25/h3-8,13,16H,9-12,14H2,1-2H3,(H,24,26). The zero-order valence-electron chi connectivity index (χ0n) is 16.2. The number of nitrogens with zero attached hydrogens (tertiary/aromatic N) is 1. The Kier molecular flexibility index (Phi) is 6.92. The fraction of sp³-hybridized carbons (Fsp3) is 0.364. The highest BCUT2D eigenvalue weighted by atomic mass is 35.5. The summed E-state index contributed by atoms with van der Waals surface area (Å²) in [4.78, 5) is 15.1. The average Bonchev–Trinajstić information content (AvgIpc) is 2.69. The van der Waals surface area contributed by atoms with Crippen molar-refractivity contribution in [3.05, 3.63) is 58.6 Å². The van der Waals surface area contributed by atoms with Crippen LogP contribution in [-0.4, -0.2) is 35.5 Å². The van der Waals surface area contributed by atoms with Gasteiger partial charge in [-0.25, -0.2) is 0 Å². The lowest BCUT2D eigenvalue weighted by atomic mass is 9.99. The minimum Gasteiger partial charge on any atom is -0.482 e. The number of rotatable bonds is 5. The molecule has 2 aromatic rings. The van der Waals surface area contributed by atoms with Crippen LogP contribution in [0.1, 0.15) is 30.9 Å². The Bertz CT molecular complexity index is 846. The van der Waals surface area contributed by atoms with E-state index in [4.69, 9.17) is 28.6 Å². The lowest BCUT2D eigenvalue weighted by Gasteiger charge is -2.32. The molecule has 1 fully saturated rings. The van der Waals surface area contributed by atoms with E-state index >= 15 is 0 Å². The average molecular weight is 417 g/mol. The van der Waals surface area contributed by atoms with Gasteiger partial charge in [-0.1, -0.05) is 48.4 Å². The van der Waals surface area contributed by atoms with Gasteiger partial charge in [-0.2, -0.15) is 0 Å². The minimum absolute atomic E-state index is 0.110. The maximum Gasteiger partial charge on any atom is 0.262 e. The van der Waals surface area contributed by atoms with Gasteiger partial charge in [0.1, 0.15) is 10.7 Å². The maximum atomic E-state index is 12.1. The molecule has 1 saturated heterocycles. The van der Waals surface area contributed by atoms with Gasteiger partial charge in [0, 0.05) is 24.3 Å². The molecule has 1 heterocycles. The first-order valence-electron chi connectivity index (χ1n) is 9.50. The van der Waals surface area contributed by atoms with E-state index < -0.39 is 0 Å². The van der Waals surface area contributed by atoms with Gasteiger partial charge in [-0.3, -0.25) is 4.79 Å². The number of halogens is 1. The molecule has 1 aliphatic heterocycles. The number of piperidine rings is 1. The van der Waals surface area contributed by atoms with E-state index in [1.807, 2.05) is 43.3 Å². The van der Waals surface area contributed by atoms with E-state index in [0.29, 0.717) is 10.8 Å². The van der Waals surface area contributed by atoms with Crippen LogP contribution < -0.4 is 10.1 Å². The first-order valence-corrected chi connectivity index (χ1v) is 10.3. The highest BCUT2D eigenvalue weighted by Crippen LogP contribution is 2.27. The fourth-order valence-electron chi connectivity index (χ4n) is 3.12. The van der Waals surface area contributed by atoms with Gasteiger partial charge in [0.15, 0.2) is 6.61 Å². The van der Waals surface area contributed by atoms with Crippen LogP contribution in [0.3, 0.4) is 0 Å². The van der Waals surface area contributed by atoms with Gasteiger partial charge >= 0.3 is 0 Å². The minimum atomic E-state index is -0.234. The van der Waals surface area contributed by atoms with Gasteiger partial charge in [-0.15, -0.1) is 0 Å². The van der Waals surface area contributed by atoms with Crippen LogP contribution in [0.4, 0.5) is 5.69 Å². The van der Waals surface area contributed by atoms with Gasteiger partial charge in [0.2, 0.25) is 0 Å². The van der Waals surface area contributed by atoms with Crippen molar-refractivity contribution in [3.63, 3.8) is 0 Å². The largest absolute Gasteiger partial charge is 0.482 e. The molecule has 2 aromatic carbocycles. The Morgan fingerprint density at radius 2 is 1.89 bits per heavy atom. The van der Waals surface area contributed by atoms with Crippen LogP contribution in [-0.2, 0) is 4.79 Å². The Morgan fingerprint density at radius 3 is 2.54 bits per heavy atom. The van der Waals surface area contributed by atoms with Crippen LogP contribution in [0.25, 0.3) is 0 Å². The summed E-state index contributed by atoms with van der Waals surface area (Å²) in [7, 11) is 0. The molecule has 1 N–H and O–H groups in total. The normalized spacial score (nSPS) is 14.6. The van der Waals surface area contributed by atoms with Crippen LogP contribution in [0, 0.1) is 12.8 Å². The maximum absolute atomic E-state index is 12.1. The third-order valence-electron chi connectivity index (χ3n) is 4.94. The van der Waals surface area contributed by atoms with Crippen molar-refractivity contribution in [1.29, 1.82) is 0 Å². The molecule has 4 nitrogen and oxygen atoms in total. The second-order valence-corrected chi connectivity index (χ2v) is 8.12. The molecular weight excluding hydrogens is 392 g/mol. The quantitative estimate of drug-likeness (QED) is 0.690. The number of amides is 1. The summed E-state index contributed by atoms with van der Waals surface area (Å²) in [5, 5.41) is 3.25. The van der Waals surface area contributed by atoms with Crippen molar-refractivity contribution in [1.82, 2.24) is 4.90 Å². The summed E-state index contributed by atoms with van der Waals surface area (Å²) in [6.45, 7) is 6.13. The molecule has 6 heteroatoms. The Labute approximate surface area is 176 Å². The summed E-state index contributed by atoms with van der Waals surface area (Å²) >= 11 is 12.0. The third kappa shape index (κ3) is 5.46. The zero-order chi connectivity index (χ0) is 20.1. The lowest BCUT2D eigenvalue weighted by Crippen LogP contribution is -2.37. The molecule has 0 unspecified atom stereocenters. The van der Waals surface area contributed by atoms with Crippen LogP contribution in [0.2, 0.25) is 5.02 Å². The predicted octanol–water partition coefficient (Wildman–Crippen LogP) is 5.07.